The maximum absolute atomic E-state index is 3.78. The fraction of sp³-hybridized carbons (Fsp3) is 1.00. The van der Waals surface area contributed by atoms with Crippen LogP contribution in [0, 0.1) is 17.8 Å². The lowest BCUT2D eigenvalue weighted by Gasteiger charge is -2.48. The Labute approximate surface area is 86.8 Å². The van der Waals surface area contributed by atoms with E-state index in [9.17, 15) is 0 Å². The van der Waals surface area contributed by atoms with Crippen molar-refractivity contribution in [3.63, 3.8) is 0 Å². The lowest BCUT2D eigenvalue weighted by molar-refractivity contribution is 0.0711. The Morgan fingerprint density at radius 2 is 1.79 bits per heavy atom. The van der Waals surface area contributed by atoms with Gasteiger partial charge in [0.15, 0.2) is 0 Å². The molecule has 1 aliphatic carbocycles. The van der Waals surface area contributed by atoms with E-state index in [0.717, 1.165) is 23.8 Å². The van der Waals surface area contributed by atoms with Gasteiger partial charge in [0.2, 0.25) is 0 Å². The predicted molar refractivity (Wildman–Crippen MR) is 58.2 cm³/mol. The number of piperidine rings is 2. The van der Waals surface area contributed by atoms with Crippen molar-refractivity contribution in [3.8, 4) is 0 Å². The van der Waals surface area contributed by atoms with Gasteiger partial charge in [0.25, 0.3) is 0 Å². The van der Waals surface area contributed by atoms with Crippen molar-refractivity contribution >= 4 is 0 Å². The molecule has 0 radical (unpaired) electrons. The van der Waals surface area contributed by atoms with E-state index in [0.29, 0.717) is 0 Å². The van der Waals surface area contributed by atoms with Gasteiger partial charge >= 0.3 is 0 Å². The zero-order valence-corrected chi connectivity index (χ0v) is 8.97. The number of fused-ring (bicyclic) bond motifs is 3. The van der Waals surface area contributed by atoms with Crippen LogP contribution in [-0.2, 0) is 0 Å². The Kier molecular flexibility index (Phi) is 2.50. The molecule has 2 nitrogen and oxygen atoms in total. The van der Waals surface area contributed by atoms with Crippen LogP contribution in [0.3, 0.4) is 0 Å². The van der Waals surface area contributed by atoms with Crippen LogP contribution in [0.4, 0.5) is 0 Å². The third-order valence-electron chi connectivity index (χ3n) is 4.69. The van der Waals surface area contributed by atoms with E-state index in [2.05, 4.69) is 10.6 Å². The molecular weight excluding hydrogens is 172 g/mol. The van der Waals surface area contributed by atoms with Crippen molar-refractivity contribution in [1.29, 1.82) is 0 Å². The molecule has 0 aromatic carbocycles. The average molecular weight is 194 g/mol. The van der Waals surface area contributed by atoms with Crippen LogP contribution in [-0.4, -0.2) is 25.7 Å². The second kappa shape index (κ2) is 3.82. The second-order valence-electron chi connectivity index (χ2n) is 5.38. The highest BCUT2D eigenvalue weighted by atomic mass is 15.0. The fourth-order valence-electron chi connectivity index (χ4n) is 3.95. The molecule has 0 aromatic heterocycles. The molecule has 3 rings (SSSR count). The zero-order chi connectivity index (χ0) is 9.38. The molecule has 2 aliphatic heterocycles. The Hall–Kier alpha value is -0.0800. The van der Waals surface area contributed by atoms with Crippen molar-refractivity contribution in [3.05, 3.63) is 0 Å². The van der Waals surface area contributed by atoms with Gasteiger partial charge in [0, 0.05) is 6.04 Å². The highest BCUT2D eigenvalue weighted by molar-refractivity contribution is 4.96. The maximum Gasteiger partial charge on any atom is 0.0138 e. The molecule has 0 aromatic rings. The molecule has 2 heterocycles. The predicted octanol–water partition coefficient (Wildman–Crippen LogP) is 1.37. The molecule has 2 saturated heterocycles. The molecule has 1 saturated carbocycles. The number of hydrogen-bond acceptors (Lipinski definition) is 2. The first-order valence-corrected chi connectivity index (χ1v) is 6.39. The molecule has 3 aliphatic rings. The summed E-state index contributed by atoms with van der Waals surface area (Å²) in [6.07, 6.45) is 7.33. The molecular formula is C12H22N2. The molecule has 2 heteroatoms. The van der Waals surface area contributed by atoms with Gasteiger partial charge in [-0.25, -0.2) is 0 Å². The largest absolute Gasteiger partial charge is 0.316 e. The summed E-state index contributed by atoms with van der Waals surface area (Å²) in [5.74, 6) is 2.98. The molecule has 0 spiro atoms. The standard InChI is InChI=1S/C12H22N2/c1-2-10-4-3-9-5-7-13-8-11(9)12(10)14-6-1/h9-14H,1-8H2. The maximum atomic E-state index is 3.78. The quantitative estimate of drug-likeness (QED) is 0.608. The number of nitrogens with one attached hydrogen (secondary N) is 2. The summed E-state index contributed by atoms with van der Waals surface area (Å²) in [5.41, 5.74) is 0. The smallest absolute Gasteiger partial charge is 0.0138 e. The van der Waals surface area contributed by atoms with Gasteiger partial charge in [-0.3, -0.25) is 0 Å². The van der Waals surface area contributed by atoms with Crippen LogP contribution in [0.2, 0.25) is 0 Å². The van der Waals surface area contributed by atoms with Gasteiger partial charge in [-0.1, -0.05) is 0 Å². The van der Waals surface area contributed by atoms with Crippen LogP contribution in [0.1, 0.15) is 32.1 Å². The summed E-state index contributed by atoms with van der Waals surface area (Å²) in [6, 6.07) is 0.857. The third-order valence-corrected chi connectivity index (χ3v) is 4.69. The third kappa shape index (κ3) is 1.49. The summed E-state index contributed by atoms with van der Waals surface area (Å²) in [4.78, 5) is 0. The van der Waals surface area contributed by atoms with E-state index < -0.39 is 0 Å². The van der Waals surface area contributed by atoms with Crippen LogP contribution >= 0.6 is 0 Å². The van der Waals surface area contributed by atoms with Crippen LogP contribution in [0.15, 0.2) is 0 Å². The summed E-state index contributed by atoms with van der Waals surface area (Å²) in [7, 11) is 0. The fourth-order valence-corrected chi connectivity index (χ4v) is 3.95. The normalized spacial score (nSPS) is 48.0. The van der Waals surface area contributed by atoms with Gasteiger partial charge in [-0.2, -0.15) is 0 Å². The van der Waals surface area contributed by atoms with Crippen molar-refractivity contribution in [2.45, 2.75) is 38.1 Å². The summed E-state index contributed by atoms with van der Waals surface area (Å²) in [6.45, 7) is 3.81. The monoisotopic (exact) mass is 194 g/mol. The first kappa shape index (κ1) is 9.17. The van der Waals surface area contributed by atoms with Crippen LogP contribution in [0.25, 0.3) is 0 Å². The Balaban J connectivity index is 1.74. The SMILES string of the molecule is C1CNC2C(C1)CCC1CCNCC12. The molecule has 3 fully saturated rings. The van der Waals surface area contributed by atoms with Gasteiger partial charge in [-0.05, 0) is 69.5 Å². The number of rotatable bonds is 0. The topological polar surface area (TPSA) is 24.1 Å². The van der Waals surface area contributed by atoms with E-state index in [1.807, 2.05) is 0 Å². The molecule has 4 unspecified atom stereocenters. The zero-order valence-electron chi connectivity index (χ0n) is 8.97. The lowest BCUT2D eigenvalue weighted by Crippen LogP contribution is -2.56. The first-order valence-electron chi connectivity index (χ1n) is 6.39. The molecule has 0 amide bonds. The highest BCUT2D eigenvalue weighted by Gasteiger charge is 2.40. The minimum atomic E-state index is 0.857. The first-order chi connectivity index (χ1) is 6.95. The Bertz CT molecular complexity index is 182. The van der Waals surface area contributed by atoms with E-state index >= 15 is 0 Å². The van der Waals surface area contributed by atoms with E-state index in [1.165, 1.54) is 51.7 Å². The van der Waals surface area contributed by atoms with Gasteiger partial charge in [-0.15, -0.1) is 0 Å². The minimum absolute atomic E-state index is 0.857. The Morgan fingerprint density at radius 1 is 0.857 bits per heavy atom. The lowest BCUT2D eigenvalue weighted by atomic mass is 9.66. The summed E-state index contributed by atoms with van der Waals surface area (Å²) < 4.78 is 0. The van der Waals surface area contributed by atoms with Crippen molar-refractivity contribution in [2.75, 3.05) is 19.6 Å². The summed E-state index contributed by atoms with van der Waals surface area (Å²) >= 11 is 0. The van der Waals surface area contributed by atoms with E-state index in [4.69, 9.17) is 0 Å². The highest BCUT2D eigenvalue weighted by Crippen LogP contribution is 2.40. The molecule has 4 atom stereocenters. The molecule has 14 heavy (non-hydrogen) atoms. The van der Waals surface area contributed by atoms with Crippen LogP contribution < -0.4 is 10.6 Å². The van der Waals surface area contributed by atoms with E-state index in [-0.39, 0.29) is 0 Å². The van der Waals surface area contributed by atoms with Gasteiger partial charge in [0.05, 0.1) is 0 Å². The molecule has 0 bridgehead atoms. The van der Waals surface area contributed by atoms with Gasteiger partial charge in [0.1, 0.15) is 0 Å². The van der Waals surface area contributed by atoms with Crippen molar-refractivity contribution < 1.29 is 0 Å². The second-order valence-corrected chi connectivity index (χ2v) is 5.38. The average Bonchev–Trinajstić information content (AvgIpc) is 2.29. The molecule has 80 valence electrons. The van der Waals surface area contributed by atoms with E-state index in [1.54, 1.807) is 0 Å². The van der Waals surface area contributed by atoms with Crippen molar-refractivity contribution in [1.82, 2.24) is 10.6 Å². The number of hydrogen-bond donors (Lipinski definition) is 2. The summed E-state index contributed by atoms with van der Waals surface area (Å²) in [5, 5.41) is 7.36. The van der Waals surface area contributed by atoms with Crippen LogP contribution in [0.5, 0.6) is 0 Å². The molecule has 2 N–H and O–H groups in total. The van der Waals surface area contributed by atoms with Gasteiger partial charge < -0.3 is 10.6 Å². The Morgan fingerprint density at radius 3 is 2.79 bits per heavy atom. The minimum Gasteiger partial charge on any atom is -0.316 e. The van der Waals surface area contributed by atoms with Crippen molar-refractivity contribution in [2.24, 2.45) is 17.8 Å².